The fourth-order valence-corrected chi connectivity index (χ4v) is 0.492. The minimum Gasteiger partial charge on any atom is -1.00 e. The molecule has 0 radical (unpaired) electrons. The molecule has 0 N–H and O–H groups in total. The van der Waals surface area contributed by atoms with Crippen molar-refractivity contribution in [2.24, 2.45) is 0 Å². The van der Waals surface area contributed by atoms with Gasteiger partial charge in [-0.25, -0.2) is 18.6 Å². The number of rotatable bonds is 0. The van der Waals surface area contributed by atoms with Crippen LogP contribution in [0.2, 0.25) is 0 Å². The van der Waals surface area contributed by atoms with Crippen molar-refractivity contribution in [3.63, 3.8) is 0 Å². The Balaban J connectivity index is 0. The first kappa shape index (κ1) is 11.3. The average molecular weight is 206 g/mol. The zero-order chi connectivity index (χ0) is 4.41. The van der Waals surface area contributed by atoms with Crippen LogP contribution in [0.1, 0.15) is 6.42 Å². The van der Waals surface area contributed by atoms with Gasteiger partial charge in [-0.05, 0) is 6.42 Å². The van der Waals surface area contributed by atoms with Crippen LogP contribution in [0.4, 0.5) is 0 Å². The summed E-state index contributed by atoms with van der Waals surface area (Å²) >= 11 is 0. The molecule has 0 fully saturated rings. The molecule has 0 aromatic carbocycles. The largest absolute Gasteiger partial charge is 2.00 e. The average Bonchev–Trinajstić information content (AvgIpc) is 1.86. The predicted molar refractivity (Wildman–Crippen MR) is 27.2 cm³/mol. The van der Waals surface area contributed by atoms with Gasteiger partial charge < -0.3 is 12.4 Å². The van der Waals surface area contributed by atoms with Crippen molar-refractivity contribution in [3.8, 4) is 0 Å². The Kier molecular flexibility index (Phi) is 8.02. The van der Waals surface area contributed by atoms with E-state index in [2.05, 4.69) is 13.0 Å². The van der Waals surface area contributed by atoms with E-state index in [1.165, 1.54) is 5.57 Å². The summed E-state index contributed by atoms with van der Waals surface area (Å²) in [5, 5.41) is 0. The van der Waals surface area contributed by atoms with E-state index in [4.69, 9.17) is 0 Å². The molecule has 0 heterocycles. The van der Waals surface area contributed by atoms with Gasteiger partial charge in [-0.3, -0.25) is 0 Å². The summed E-state index contributed by atoms with van der Waals surface area (Å²) in [5.41, 5.74) is 1.22. The molecule has 0 bridgehead atoms. The van der Waals surface area contributed by atoms with E-state index >= 15 is 0 Å². The normalized spacial score (nSPS) is 13.8. The van der Waals surface area contributed by atoms with E-state index in [0.717, 1.165) is 6.42 Å². The first-order valence-corrected chi connectivity index (χ1v) is 2.07. The number of hydrogen-bond donors (Lipinski definition) is 0. The van der Waals surface area contributed by atoms with E-state index in [9.17, 15) is 0 Å². The minimum atomic E-state index is 0. The molecule has 0 saturated heterocycles. The van der Waals surface area contributed by atoms with Crippen LogP contribution < -0.4 is 12.4 Å². The summed E-state index contributed by atoms with van der Waals surface area (Å²) < 4.78 is 0. The van der Waals surface area contributed by atoms with E-state index in [-0.39, 0.29) is 38.6 Å². The van der Waals surface area contributed by atoms with Crippen molar-refractivity contribution in [2.45, 2.75) is 6.42 Å². The fraction of sp³-hybridized carbons (Fsp3) is 0.167. The Bertz CT molecular complexity index is 105. The maximum absolute atomic E-state index is 3.74. The fourth-order valence-electron chi connectivity index (χ4n) is 0.492. The summed E-state index contributed by atoms with van der Waals surface area (Å²) in [6.45, 7) is 3.74. The molecule has 0 spiro atoms. The Labute approximate surface area is 75.6 Å². The van der Waals surface area contributed by atoms with Gasteiger partial charge >= 0.3 is 26.2 Å². The topological polar surface area (TPSA) is 0 Å². The van der Waals surface area contributed by atoms with Crippen LogP contribution in [0, 0.1) is 6.92 Å². The van der Waals surface area contributed by atoms with E-state index in [0.29, 0.717) is 0 Å². The molecule has 1 aliphatic rings. The van der Waals surface area contributed by atoms with Crippen molar-refractivity contribution >= 4 is 0 Å². The molecule has 1 aliphatic carbocycles. The van der Waals surface area contributed by atoms with Gasteiger partial charge in [0.1, 0.15) is 0 Å². The summed E-state index contributed by atoms with van der Waals surface area (Å²) in [7, 11) is 0. The number of halogens is 1. The molecule has 42 valence electrons. The molecule has 0 aromatic rings. The zero-order valence-corrected chi connectivity index (χ0v) is 7.74. The van der Waals surface area contributed by atoms with Crippen molar-refractivity contribution in [2.75, 3.05) is 0 Å². The van der Waals surface area contributed by atoms with Crippen molar-refractivity contribution < 1.29 is 38.6 Å². The summed E-state index contributed by atoms with van der Waals surface area (Å²) in [4.78, 5) is 0. The third kappa shape index (κ3) is 3.52. The summed E-state index contributed by atoms with van der Waals surface area (Å²) in [6.07, 6.45) is 7.21. The molecule has 2 heteroatoms. The molecule has 0 saturated carbocycles. The molecule has 0 nitrogen and oxygen atoms in total. The van der Waals surface area contributed by atoms with Crippen LogP contribution in [0.3, 0.4) is 0 Å². The standard InChI is InChI=1S/C6H7.ClH.Zr/c1-6-4-2-3-5-6;;/h2-4H,1,5H2;1H;/q-1;;+2/p-1. The van der Waals surface area contributed by atoms with Gasteiger partial charge in [0, 0.05) is 0 Å². The number of allylic oxidation sites excluding steroid dienone is 4. The number of hydrogen-bond acceptors (Lipinski definition) is 0. The molecule has 8 heavy (non-hydrogen) atoms. The minimum absolute atomic E-state index is 0. The molecule has 0 atom stereocenters. The van der Waals surface area contributed by atoms with Gasteiger partial charge in [0.15, 0.2) is 0 Å². The second-order valence-corrected chi connectivity index (χ2v) is 1.46. The molecule has 1 rings (SSSR count). The molecule has 0 aromatic heterocycles. The van der Waals surface area contributed by atoms with Gasteiger partial charge in [0.05, 0.1) is 0 Å². The first-order chi connectivity index (χ1) is 2.89. The quantitative estimate of drug-likeness (QED) is 0.432. The van der Waals surface area contributed by atoms with Gasteiger partial charge in [-0.2, -0.15) is 0 Å². The Morgan fingerprint density at radius 1 is 1.50 bits per heavy atom. The van der Waals surface area contributed by atoms with E-state index in [1.54, 1.807) is 0 Å². The molecule has 0 amide bonds. The maximum atomic E-state index is 3.74. The first-order valence-electron chi connectivity index (χ1n) is 2.07. The molecular weight excluding hydrogens is 199 g/mol. The molecule has 0 aliphatic heterocycles. The Morgan fingerprint density at radius 2 is 2.12 bits per heavy atom. The van der Waals surface area contributed by atoms with Crippen LogP contribution in [0.5, 0.6) is 0 Å². The van der Waals surface area contributed by atoms with Crippen LogP contribution >= 0.6 is 0 Å². The van der Waals surface area contributed by atoms with E-state index in [1.807, 2.05) is 12.2 Å². The van der Waals surface area contributed by atoms with Crippen molar-refractivity contribution in [1.29, 1.82) is 0 Å². The smallest absolute Gasteiger partial charge is 1.00 e. The molecular formula is C6H7ClZr. The zero-order valence-electron chi connectivity index (χ0n) is 4.52. The Hall–Kier alpha value is 0.523. The monoisotopic (exact) mass is 204 g/mol. The van der Waals surface area contributed by atoms with Crippen molar-refractivity contribution in [3.05, 3.63) is 30.7 Å². The van der Waals surface area contributed by atoms with Gasteiger partial charge in [0.2, 0.25) is 0 Å². The third-order valence-corrected chi connectivity index (χ3v) is 0.848. The third-order valence-electron chi connectivity index (χ3n) is 0.848. The maximum Gasteiger partial charge on any atom is 2.00 e. The van der Waals surface area contributed by atoms with Gasteiger partial charge in [-0.1, -0.05) is 0 Å². The van der Waals surface area contributed by atoms with Crippen molar-refractivity contribution in [1.82, 2.24) is 0 Å². The molecule has 0 unspecified atom stereocenters. The van der Waals surface area contributed by atoms with Crippen LogP contribution in [-0.4, -0.2) is 0 Å². The summed E-state index contributed by atoms with van der Waals surface area (Å²) in [6, 6.07) is 0. The van der Waals surface area contributed by atoms with Gasteiger partial charge in [-0.15, -0.1) is 12.2 Å². The second-order valence-electron chi connectivity index (χ2n) is 1.46. The van der Waals surface area contributed by atoms with Crippen LogP contribution in [-0.2, 0) is 26.2 Å². The van der Waals surface area contributed by atoms with Gasteiger partial charge in [0.25, 0.3) is 0 Å². The predicted octanol–water partition coefficient (Wildman–Crippen LogP) is -1.29. The van der Waals surface area contributed by atoms with Crippen LogP contribution in [0.15, 0.2) is 23.8 Å². The summed E-state index contributed by atoms with van der Waals surface area (Å²) in [5.74, 6) is 0. The van der Waals surface area contributed by atoms with E-state index < -0.39 is 0 Å². The SMILES string of the molecule is [CH2-]C1=CC=CC1.[Cl-].[Zr+2]. The second kappa shape index (κ2) is 5.66. The Morgan fingerprint density at radius 3 is 2.25 bits per heavy atom. The van der Waals surface area contributed by atoms with Crippen LogP contribution in [0.25, 0.3) is 0 Å².